The highest BCUT2D eigenvalue weighted by Crippen LogP contribution is 2.24. The van der Waals surface area contributed by atoms with Crippen molar-refractivity contribution in [2.24, 2.45) is 0 Å². The predicted octanol–water partition coefficient (Wildman–Crippen LogP) is 2.83. The summed E-state index contributed by atoms with van der Waals surface area (Å²) in [5.41, 5.74) is 2.72. The molecule has 23 heavy (non-hydrogen) atoms. The Morgan fingerprint density at radius 3 is 3.00 bits per heavy atom. The van der Waals surface area contributed by atoms with Crippen LogP contribution in [0.4, 0.5) is 5.69 Å². The first kappa shape index (κ1) is 16.1. The lowest BCUT2D eigenvalue weighted by Crippen LogP contribution is -2.34. The van der Waals surface area contributed by atoms with Crippen LogP contribution in [0.1, 0.15) is 17.8 Å². The van der Waals surface area contributed by atoms with E-state index in [4.69, 9.17) is 4.74 Å². The smallest absolute Gasteiger partial charge is 0.250 e. The van der Waals surface area contributed by atoms with Crippen LogP contribution in [0.5, 0.6) is 0 Å². The molecule has 0 spiro atoms. The summed E-state index contributed by atoms with van der Waals surface area (Å²) in [6.45, 7) is 4.01. The third kappa shape index (κ3) is 4.60. The van der Waals surface area contributed by atoms with E-state index in [1.54, 1.807) is 11.3 Å². The number of piperidine rings is 1. The van der Waals surface area contributed by atoms with Gasteiger partial charge in [0.15, 0.2) is 0 Å². The molecule has 0 bridgehead atoms. The van der Waals surface area contributed by atoms with Gasteiger partial charge >= 0.3 is 0 Å². The minimum absolute atomic E-state index is 0.102. The fraction of sp³-hybridized carbons (Fsp3) is 0.412. The maximum absolute atomic E-state index is 12.0. The minimum Gasteiger partial charge on any atom is -0.368 e. The van der Waals surface area contributed by atoms with Crippen molar-refractivity contribution in [3.8, 4) is 11.3 Å². The Hall–Kier alpha value is -1.76. The van der Waals surface area contributed by atoms with Crippen LogP contribution in [0.2, 0.25) is 0 Å². The van der Waals surface area contributed by atoms with Gasteiger partial charge in [-0.2, -0.15) is 0 Å². The lowest BCUT2D eigenvalue weighted by molar-refractivity contribution is -0.123. The Morgan fingerprint density at radius 2 is 2.26 bits per heavy atom. The zero-order valence-electron chi connectivity index (χ0n) is 13.2. The number of aryl methyl sites for hydroxylation is 1. The topological polar surface area (TPSA) is 63.2 Å². The number of hydrogen-bond donors (Lipinski definition) is 2. The van der Waals surface area contributed by atoms with Crippen LogP contribution in [-0.4, -0.2) is 36.7 Å². The van der Waals surface area contributed by atoms with Gasteiger partial charge in [0.05, 0.1) is 16.8 Å². The van der Waals surface area contributed by atoms with Crippen LogP contribution in [0.25, 0.3) is 11.3 Å². The first-order valence-electron chi connectivity index (χ1n) is 7.85. The van der Waals surface area contributed by atoms with Gasteiger partial charge in [-0.05, 0) is 45.0 Å². The lowest BCUT2D eigenvalue weighted by atomic mass is 10.1. The van der Waals surface area contributed by atoms with E-state index in [0.29, 0.717) is 0 Å². The second kappa shape index (κ2) is 7.68. The maximum Gasteiger partial charge on any atom is 0.250 e. The second-order valence-corrected chi connectivity index (χ2v) is 6.70. The molecule has 2 N–H and O–H groups in total. The van der Waals surface area contributed by atoms with E-state index in [9.17, 15) is 4.79 Å². The Bertz CT molecular complexity index is 665. The summed E-state index contributed by atoms with van der Waals surface area (Å²) >= 11 is 1.62. The number of hydrogen-bond acceptors (Lipinski definition) is 5. The number of anilines is 1. The molecule has 1 saturated heterocycles. The molecule has 1 aromatic heterocycles. The molecule has 1 fully saturated rings. The number of benzene rings is 1. The minimum atomic E-state index is -0.116. The highest BCUT2D eigenvalue weighted by Gasteiger charge is 2.15. The van der Waals surface area contributed by atoms with Gasteiger partial charge in [0.2, 0.25) is 5.91 Å². The van der Waals surface area contributed by atoms with E-state index in [1.165, 1.54) is 0 Å². The Labute approximate surface area is 140 Å². The number of rotatable bonds is 5. The average Bonchev–Trinajstić information content (AvgIpc) is 3.01. The molecule has 1 aliphatic rings. The average molecular weight is 331 g/mol. The Kier molecular flexibility index (Phi) is 5.38. The molecule has 1 aromatic carbocycles. The van der Waals surface area contributed by atoms with E-state index >= 15 is 0 Å². The number of nitrogens with zero attached hydrogens (tertiary/aromatic N) is 1. The van der Waals surface area contributed by atoms with Gasteiger partial charge in [0, 0.05) is 16.6 Å². The Balaban J connectivity index is 1.56. The molecule has 0 unspecified atom stereocenters. The van der Waals surface area contributed by atoms with Crippen molar-refractivity contribution < 1.29 is 9.53 Å². The number of ether oxygens (including phenoxy) is 1. The van der Waals surface area contributed by atoms with Gasteiger partial charge in [0.1, 0.15) is 6.61 Å². The molecular formula is C17H21N3O2S. The summed E-state index contributed by atoms with van der Waals surface area (Å²) < 4.78 is 5.67. The second-order valence-electron chi connectivity index (χ2n) is 5.64. The molecule has 5 nitrogen and oxygen atoms in total. The van der Waals surface area contributed by atoms with Gasteiger partial charge in [-0.3, -0.25) is 4.79 Å². The summed E-state index contributed by atoms with van der Waals surface area (Å²) in [5, 5.41) is 9.23. The van der Waals surface area contributed by atoms with Crippen molar-refractivity contribution in [3.63, 3.8) is 0 Å². The zero-order valence-corrected chi connectivity index (χ0v) is 14.0. The van der Waals surface area contributed by atoms with E-state index in [-0.39, 0.29) is 18.6 Å². The first-order chi connectivity index (χ1) is 11.2. The highest BCUT2D eigenvalue weighted by molar-refractivity contribution is 7.09. The van der Waals surface area contributed by atoms with Crippen LogP contribution in [0.15, 0.2) is 29.6 Å². The van der Waals surface area contributed by atoms with E-state index in [2.05, 4.69) is 15.6 Å². The number of thiazole rings is 1. The number of aromatic nitrogens is 1. The van der Waals surface area contributed by atoms with Crippen molar-refractivity contribution in [3.05, 3.63) is 34.7 Å². The largest absolute Gasteiger partial charge is 0.368 e. The van der Waals surface area contributed by atoms with Gasteiger partial charge in [-0.15, -0.1) is 11.3 Å². The van der Waals surface area contributed by atoms with Crippen LogP contribution >= 0.6 is 11.3 Å². The van der Waals surface area contributed by atoms with Crippen molar-refractivity contribution in [1.82, 2.24) is 10.3 Å². The van der Waals surface area contributed by atoms with E-state index < -0.39 is 0 Å². The van der Waals surface area contributed by atoms with Crippen LogP contribution in [-0.2, 0) is 9.53 Å². The van der Waals surface area contributed by atoms with Gasteiger partial charge in [-0.25, -0.2) is 4.98 Å². The lowest BCUT2D eigenvalue weighted by Gasteiger charge is -2.22. The number of nitrogens with one attached hydrogen (secondary N) is 2. The number of carbonyl (C=O) groups excluding carboxylic acids is 1. The van der Waals surface area contributed by atoms with Crippen molar-refractivity contribution >= 4 is 22.9 Å². The fourth-order valence-corrected chi connectivity index (χ4v) is 3.23. The summed E-state index contributed by atoms with van der Waals surface area (Å²) in [6.07, 6.45) is 2.11. The quantitative estimate of drug-likeness (QED) is 0.884. The van der Waals surface area contributed by atoms with Gasteiger partial charge in [0.25, 0.3) is 0 Å². The van der Waals surface area contributed by atoms with Gasteiger partial charge < -0.3 is 15.4 Å². The van der Waals surface area contributed by atoms with Crippen molar-refractivity contribution in [2.45, 2.75) is 25.9 Å². The van der Waals surface area contributed by atoms with Crippen LogP contribution in [0, 0.1) is 6.92 Å². The molecule has 0 aliphatic carbocycles. The van der Waals surface area contributed by atoms with E-state index in [1.807, 2.05) is 36.6 Å². The summed E-state index contributed by atoms with van der Waals surface area (Å²) in [6, 6.07) is 7.74. The highest BCUT2D eigenvalue weighted by atomic mass is 32.1. The third-order valence-corrected chi connectivity index (χ3v) is 4.57. The third-order valence-electron chi connectivity index (χ3n) is 3.80. The Morgan fingerprint density at radius 1 is 1.43 bits per heavy atom. The van der Waals surface area contributed by atoms with Crippen LogP contribution in [0.3, 0.4) is 0 Å². The normalized spacial score (nSPS) is 15.5. The standard InChI is InChI=1S/C17H21N3O2S/c1-12-19-16(11-23-12)13-3-2-4-14(9-13)20-17(21)10-22-15-5-7-18-8-6-15/h2-4,9,11,15,18H,5-8,10H2,1H3,(H,20,21). The zero-order chi connectivity index (χ0) is 16.1. The molecule has 1 aliphatic heterocycles. The van der Waals surface area contributed by atoms with Gasteiger partial charge in [-0.1, -0.05) is 12.1 Å². The molecule has 2 heterocycles. The molecule has 1 amide bonds. The molecule has 3 rings (SSSR count). The van der Waals surface area contributed by atoms with E-state index in [0.717, 1.165) is 47.9 Å². The molecule has 0 radical (unpaired) electrons. The fourth-order valence-electron chi connectivity index (χ4n) is 2.61. The molecule has 0 saturated carbocycles. The maximum atomic E-state index is 12.0. The van der Waals surface area contributed by atoms with Crippen LogP contribution < -0.4 is 10.6 Å². The predicted molar refractivity (Wildman–Crippen MR) is 92.8 cm³/mol. The monoisotopic (exact) mass is 331 g/mol. The number of carbonyl (C=O) groups is 1. The molecule has 0 atom stereocenters. The first-order valence-corrected chi connectivity index (χ1v) is 8.73. The summed E-state index contributed by atoms with van der Waals surface area (Å²) in [4.78, 5) is 16.5. The summed E-state index contributed by atoms with van der Waals surface area (Å²) in [7, 11) is 0. The number of amides is 1. The molecule has 2 aromatic rings. The van der Waals surface area contributed by atoms with Crippen molar-refractivity contribution in [2.75, 3.05) is 25.0 Å². The molecular weight excluding hydrogens is 310 g/mol. The van der Waals surface area contributed by atoms with Crippen molar-refractivity contribution in [1.29, 1.82) is 0 Å². The molecule has 122 valence electrons. The SMILES string of the molecule is Cc1nc(-c2cccc(NC(=O)COC3CCNCC3)c2)cs1. The molecule has 6 heteroatoms. The summed E-state index contributed by atoms with van der Waals surface area (Å²) in [5.74, 6) is -0.116.